The smallest absolute Gasteiger partial charge is 0.339 e. The number of nitrogens with one attached hydrogen (secondary N) is 1. The Morgan fingerprint density at radius 1 is 0.903 bits per heavy atom. The van der Waals surface area contributed by atoms with Gasteiger partial charge in [0.25, 0.3) is 0 Å². The number of para-hydroxylation sites is 1. The number of aromatic hydroxyl groups is 1. The molecule has 324 valence electrons. The molecule has 12 nitrogen and oxygen atoms in total. The molecular formula is C50H54N2O10. The SMILES string of the molecule is CC(C)(C)OC(=O)CCC(CO)NC(=O)C1CCCN1C(=O)C1=CC2OC(c3ccccc3)(c3ccccc3)OC2C(OC(=O)c2ccccc2C=CCc2ccccc2O)C1. The second-order valence-corrected chi connectivity index (χ2v) is 16.8. The van der Waals surface area contributed by atoms with Gasteiger partial charge in [-0.05, 0) is 75.8 Å². The minimum atomic E-state index is -1.41. The zero-order chi connectivity index (χ0) is 43.9. The molecule has 5 atom stereocenters. The Bertz CT molecular complexity index is 2250. The summed E-state index contributed by atoms with van der Waals surface area (Å²) >= 11 is 0. The van der Waals surface area contributed by atoms with Crippen LogP contribution in [0.5, 0.6) is 5.75 Å². The zero-order valence-electron chi connectivity index (χ0n) is 35.3. The van der Waals surface area contributed by atoms with Gasteiger partial charge in [0.1, 0.15) is 35.7 Å². The van der Waals surface area contributed by atoms with E-state index in [0.717, 1.165) is 5.56 Å². The van der Waals surface area contributed by atoms with E-state index in [2.05, 4.69) is 5.32 Å². The average Bonchev–Trinajstić information content (AvgIpc) is 3.93. The van der Waals surface area contributed by atoms with Crippen LogP contribution >= 0.6 is 0 Å². The summed E-state index contributed by atoms with van der Waals surface area (Å²) in [5.41, 5.74) is 2.73. The highest BCUT2D eigenvalue weighted by Gasteiger charge is 2.55. The van der Waals surface area contributed by atoms with E-state index in [4.69, 9.17) is 18.9 Å². The molecule has 2 saturated heterocycles. The number of hydrogen-bond acceptors (Lipinski definition) is 10. The number of aliphatic hydroxyl groups excluding tert-OH is 1. The lowest BCUT2D eigenvalue weighted by Crippen LogP contribution is -2.51. The van der Waals surface area contributed by atoms with Crippen LogP contribution in [0.2, 0.25) is 0 Å². The van der Waals surface area contributed by atoms with Crippen LogP contribution in [0.15, 0.2) is 127 Å². The molecule has 5 unspecified atom stereocenters. The van der Waals surface area contributed by atoms with Gasteiger partial charge >= 0.3 is 11.9 Å². The number of likely N-dealkylation sites (tertiary alicyclic amines) is 1. The summed E-state index contributed by atoms with van der Waals surface area (Å²) in [7, 11) is 0. The number of aliphatic hydroxyl groups is 1. The number of phenolic OH excluding ortho intramolecular Hbond substituents is 1. The van der Waals surface area contributed by atoms with Gasteiger partial charge in [0.2, 0.25) is 17.6 Å². The Hall–Kier alpha value is -6.08. The number of allylic oxidation sites excluding steroid dienone is 1. The second kappa shape index (κ2) is 19.3. The summed E-state index contributed by atoms with van der Waals surface area (Å²) in [5, 5.41) is 23.2. The number of carbonyl (C=O) groups excluding carboxylic acids is 4. The summed E-state index contributed by atoms with van der Waals surface area (Å²) in [6.07, 6.45) is 4.32. The van der Waals surface area contributed by atoms with Gasteiger partial charge < -0.3 is 39.4 Å². The Morgan fingerprint density at radius 2 is 1.56 bits per heavy atom. The van der Waals surface area contributed by atoms with E-state index in [1.54, 1.807) is 57.2 Å². The number of rotatable bonds is 14. The van der Waals surface area contributed by atoms with Crippen molar-refractivity contribution in [2.45, 2.75) is 101 Å². The van der Waals surface area contributed by atoms with E-state index in [1.807, 2.05) is 91.0 Å². The van der Waals surface area contributed by atoms with Crippen LogP contribution in [0.1, 0.15) is 85.5 Å². The Morgan fingerprint density at radius 3 is 2.24 bits per heavy atom. The van der Waals surface area contributed by atoms with Gasteiger partial charge in [0.15, 0.2) is 0 Å². The van der Waals surface area contributed by atoms with Crippen molar-refractivity contribution in [2.75, 3.05) is 13.2 Å². The maximum Gasteiger partial charge on any atom is 0.339 e. The maximum atomic E-state index is 14.6. The predicted molar refractivity (Wildman–Crippen MR) is 231 cm³/mol. The van der Waals surface area contributed by atoms with Crippen LogP contribution in [0.25, 0.3) is 6.08 Å². The summed E-state index contributed by atoms with van der Waals surface area (Å²) in [5.74, 6) is -3.12. The summed E-state index contributed by atoms with van der Waals surface area (Å²) in [4.78, 5) is 56.5. The number of benzene rings is 4. The van der Waals surface area contributed by atoms with Crippen LogP contribution in [0.3, 0.4) is 0 Å². The fourth-order valence-corrected chi connectivity index (χ4v) is 8.27. The molecule has 0 bridgehead atoms. The number of ether oxygens (including phenoxy) is 4. The maximum absolute atomic E-state index is 14.6. The van der Waals surface area contributed by atoms with Gasteiger partial charge in [-0.2, -0.15) is 0 Å². The van der Waals surface area contributed by atoms with Crippen LogP contribution < -0.4 is 5.32 Å². The second-order valence-electron chi connectivity index (χ2n) is 16.8. The Balaban J connectivity index is 1.15. The van der Waals surface area contributed by atoms with E-state index < -0.39 is 72.1 Å². The van der Waals surface area contributed by atoms with Crippen molar-refractivity contribution < 1.29 is 48.3 Å². The molecule has 12 heteroatoms. The van der Waals surface area contributed by atoms with Crippen LogP contribution in [0.4, 0.5) is 0 Å². The molecule has 0 aromatic heterocycles. The molecule has 0 radical (unpaired) electrons. The fourth-order valence-electron chi connectivity index (χ4n) is 8.27. The van der Waals surface area contributed by atoms with E-state index in [-0.39, 0.29) is 25.0 Å². The summed E-state index contributed by atoms with van der Waals surface area (Å²) < 4.78 is 25.6. The first-order chi connectivity index (χ1) is 29.8. The number of amides is 2. The third-order valence-electron chi connectivity index (χ3n) is 11.2. The van der Waals surface area contributed by atoms with Crippen molar-refractivity contribution in [3.8, 4) is 5.75 Å². The molecule has 3 aliphatic rings. The van der Waals surface area contributed by atoms with Crippen molar-refractivity contribution in [1.29, 1.82) is 0 Å². The van der Waals surface area contributed by atoms with Gasteiger partial charge in [-0.1, -0.05) is 109 Å². The molecule has 2 amide bonds. The first-order valence-electron chi connectivity index (χ1n) is 21.2. The lowest BCUT2D eigenvalue weighted by atomic mass is 9.91. The lowest BCUT2D eigenvalue weighted by Gasteiger charge is -2.33. The molecule has 2 aliphatic heterocycles. The van der Waals surface area contributed by atoms with E-state index >= 15 is 0 Å². The third kappa shape index (κ3) is 10.2. The molecule has 4 aromatic carbocycles. The number of fused-ring (bicyclic) bond motifs is 1. The van der Waals surface area contributed by atoms with E-state index in [1.165, 1.54) is 4.90 Å². The molecule has 1 aliphatic carbocycles. The predicted octanol–water partition coefficient (Wildman–Crippen LogP) is 6.78. The average molecular weight is 843 g/mol. The van der Waals surface area contributed by atoms with Crippen molar-refractivity contribution in [3.63, 3.8) is 0 Å². The molecule has 3 N–H and O–H groups in total. The minimum Gasteiger partial charge on any atom is -0.508 e. The Kier molecular flexibility index (Phi) is 13.7. The highest BCUT2D eigenvalue weighted by atomic mass is 16.8. The first-order valence-corrected chi connectivity index (χ1v) is 21.2. The molecule has 2 heterocycles. The van der Waals surface area contributed by atoms with Crippen molar-refractivity contribution in [1.82, 2.24) is 10.2 Å². The van der Waals surface area contributed by atoms with Gasteiger partial charge in [-0.25, -0.2) is 4.79 Å². The highest BCUT2D eigenvalue weighted by Crippen LogP contribution is 2.47. The Labute approximate surface area is 362 Å². The minimum absolute atomic E-state index is 0.000165. The van der Waals surface area contributed by atoms with E-state index in [9.17, 15) is 29.4 Å². The van der Waals surface area contributed by atoms with Crippen molar-refractivity contribution in [3.05, 3.63) is 155 Å². The lowest BCUT2D eigenvalue weighted by molar-refractivity contribution is -0.157. The zero-order valence-corrected chi connectivity index (χ0v) is 35.3. The number of nitrogens with zero attached hydrogens (tertiary/aromatic N) is 1. The van der Waals surface area contributed by atoms with Gasteiger partial charge in [-0.3, -0.25) is 14.4 Å². The quantitative estimate of drug-likeness (QED) is 0.116. The number of carbonyl (C=O) groups is 4. The molecule has 4 aromatic rings. The fraction of sp³-hybridized carbons (Fsp3) is 0.360. The van der Waals surface area contributed by atoms with E-state index in [0.29, 0.717) is 53.6 Å². The van der Waals surface area contributed by atoms with Crippen molar-refractivity contribution >= 4 is 29.8 Å². The monoisotopic (exact) mass is 842 g/mol. The van der Waals surface area contributed by atoms with Gasteiger partial charge in [0, 0.05) is 36.1 Å². The summed E-state index contributed by atoms with van der Waals surface area (Å²) in [6, 6.07) is 31.5. The van der Waals surface area contributed by atoms with Crippen LogP contribution in [0, 0.1) is 0 Å². The summed E-state index contributed by atoms with van der Waals surface area (Å²) in [6.45, 7) is 5.22. The first kappa shape index (κ1) is 44.0. The number of phenols is 1. The third-order valence-corrected chi connectivity index (χ3v) is 11.2. The number of hydrogen-bond donors (Lipinski definition) is 3. The highest BCUT2D eigenvalue weighted by molar-refractivity contribution is 5.98. The van der Waals surface area contributed by atoms with Gasteiger partial charge in [-0.15, -0.1) is 0 Å². The normalized spacial score (nSPS) is 21.2. The largest absolute Gasteiger partial charge is 0.508 e. The number of esters is 2. The molecule has 0 saturated carbocycles. The molecule has 62 heavy (non-hydrogen) atoms. The molecule has 7 rings (SSSR count). The molecule has 2 fully saturated rings. The molecular weight excluding hydrogens is 789 g/mol. The van der Waals surface area contributed by atoms with Crippen molar-refractivity contribution in [2.24, 2.45) is 0 Å². The van der Waals surface area contributed by atoms with Crippen LogP contribution in [-0.4, -0.2) is 88.0 Å². The topological polar surface area (TPSA) is 161 Å². The molecule has 0 spiro atoms. The van der Waals surface area contributed by atoms with Crippen LogP contribution in [-0.2, 0) is 45.5 Å². The van der Waals surface area contributed by atoms with Gasteiger partial charge in [0.05, 0.1) is 18.2 Å². The standard InChI is InChI=1S/C50H54N2O10/c1-49(2,3)61-44(55)28-27-38(32-53)51-46(56)40-25-15-29-52(40)47(57)35-30-42(59-48(58)39-24-12-10-16-33(39)18-14-19-34-17-11-13-26-41(34)54)45-43(31-35)60-50(62-45,36-20-6-4-7-21-36)37-22-8-5-9-23-37/h4-14,16-18,20-24,26,31,38,40,42-43,45,53-54H,15,19,25,27-30,32H2,1-3H3,(H,51,56).